The van der Waals surface area contributed by atoms with Crippen LogP contribution in [0.4, 0.5) is 0 Å². The zero-order valence-corrected chi connectivity index (χ0v) is 10.0. The molecule has 0 aliphatic heterocycles. The van der Waals surface area contributed by atoms with Crippen LogP contribution in [0.15, 0.2) is 23.4 Å². The summed E-state index contributed by atoms with van der Waals surface area (Å²) in [5, 5.41) is 30.3. The first-order chi connectivity index (χ1) is 8.76. The molecule has 98 valence electrons. The molecule has 5 nitrogen and oxygen atoms in total. The van der Waals surface area contributed by atoms with E-state index in [1.54, 1.807) is 0 Å². The van der Waals surface area contributed by atoms with Crippen molar-refractivity contribution in [3.8, 4) is 5.75 Å². The molecule has 18 heavy (non-hydrogen) atoms. The van der Waals surface area contributed by atoms with Gasteiger partial charge in [-0.1, -0.05) is 17.3 Å². The quantitative estimate of drug-likeness (QED) is 0.549. The standard InChI is InChI=1S/C13H17NO4/c15-7-9(16)8-18-13-6-2-3-10-11(13)4-1-5-12(10)14-17/h2-3,6,9,15-17H,1,4-5,7-8H2/b14-12+. The second-order valence-corrected chi connectivity index (χ2v) is 4.33. The SMILES string of the molecule is OCC(O)COc1cccc2c1CCC/C2=N\O. The van der Waals surface area contributed by atoms with E-state index < -0.39 is 6.10 Å². The molecule has 1 unspecified atom stereocenters. The maximum Gasteiger partial charge on any atom is 0.123 e. The summed E-state index contributed by atoms with van der Waals surface area (Å²) in [7, 11) is 0. The van der Waals surface area contributed by atoms with Crippen molar-refractivity contribution in [2.75, 3.05) is 13.2 Å². The van der Waals surface area contributed by atoms with Gasteiger partial charge < -0.3 is 20.2 Å². The van der Waals surface area contributed by atoms with Crippen LogP contribution in [0.5, 0.6) is 5.75 Å². The van der Waals surface area contributed by atoms with E-state index in [0.717, 1.165) is 30.4 Å². The highest BCUT2D eigenvalue weighted by molar-refractivity contribution is 6.02. The Morgan fingerprint density at radius 2 is 2.17 bits per heavy atom. The van der Waals surface area contributed by atoms with Crippen LogP contribution in [-0.4, -0.2) is 40.4 Å². The first-order valence-electron chi connectivity index (χ1n) is 6.01. The largest absolute Gasteiger partial charge is 0.490 e. The van der Waals surface area contributed by atoms with Crippen molar-refractivity contribution >= 4 is 5.71 Å². The Kier molecular flexibility index (Phi) is 4.17. The number of hydrogen-bond acceptors (Lipinski definition) is 5. The monoisotopic (exact) mass is 251 g/mol. The topological polar surface area (TPSA) is 82.3 Å². The Morgan fingerprint density at radius 3 is 2.89 bits per heavy atom. The van der Waals surface area contributed by atoms with E-state index in [-0.39, 0.29) is 13.2 Å². The Hall–Kier alpha value is -1.59. The molecule has 0 aromatic heterocycles. The average molecular weight is 251 g/mol. The third-order valence-electron chi connectivity index (χ3n) is 3.05. The van der Waals surface area contributed by atoms with E-state index in [1.807, 2.05) is 18.2 Å². The number of oxime groups is 1. The van der Waals surface area contributed by atoms with Gasteiger partial charge in [-0.2, -0.15) is 0 Å². The lowest BCUT2D eigenvalue weighted by molar-refractivity contribution is 0.0533. The van der Waals surface area contributed by atoms with Crippen LogP contribution in [0.25, 0.3) is 0 Å². The van der Waals surface area contributed by atoms with Gasteiger partial charge in [0.2, 0.25) is 0 Å². The van der Waals surface area contributed by atoms with Crippen LogP contribution in [0.3, 0.4) is 0 Å². The molecule has 1 aliphatic carbocycles. The highest BCUT2D eigenvalue weighted by Gasteiger charge is 2.19. The lowest BCUT2D eigenvalue weighted by Gasteiger charge is -2.20. The lowest BCUT2D eigenvalue weighted by Crippen LogP contribution is -2.22. The van der Waals surface area contributed by atoms with Gasteiger partial charge in [0.15, 0.2) is 0 Å². The van der Waals surface area contributed by atoms with Crippen molar-refractivity contribution < 1.29 is 20.2 Å². The van der Waals surface area contributed by atoms with Gasteiger partial charge in [-0.15, -0.1) is 0 Å². The minimum absolute atomic E-state index is 0.0541. The Morgan fingerprint density at radius 1 is 1.33 bits per heavy atom. The Balaban J connectivity index is 2.22. The van der Waals surface area contributed by atoms with E-state index in [0.29, 0.717) is 11.5 Å². The number of rotatable bonds is 4. The molecule has 0 fully saturated rings. The van der Waals surface area contributed by atoms with Crippen molar-refractivity contribution in [1.29, 1.82) is 0 Å². The fraction of sp³-hybridized carbons (Fsp3) is 0.462. The summed E-state index contributed by atoms with van der Waals surface area (Å²) >= 11 is 0. The second-order valence-electron chi connectivity index (χ2n) is 4.33. The van der Waals surface area contributed by atoms with E-state index in [4.69, 9.17) is 15.1 Å². The highest BCUT2D eigenvalue weighted by Crippen LogP contribution is 2.30. The zero-order chi connectivity index (χ0) is 13.0. The highest BCUT2D eigenvalue weighted by atomic mass is 16.5. The first kappa shape index (κ1) is 12.9. The smallest absolute Gasteiger partial charge is 0.123 e. The van der Waals surface area contributed by atoms with Gasteiger partial charge >= 0.3 is 0 Å². The Labute approximate surface area is 105 Å². The summed E-state index contributed by atoms with van der Waals surface area (Å²) in [5.74, 6) is 0.681. The number of hydrogen-bond donors (Lipinski definition) is 3. The molecule has 1 atom stereocenters. The molecule has 1 aromatic rings. The molecule has 0 saturated carbocycles. The van der Waals surface area contributed by atoms with Crippen LogP contribution in [0, 0.1) is 0 Å². The van der Waals surface area contributed by atoms with Crippen LogP contribution >= 0.6 is 0 Å². The van der Waals surface area contributed by atoms with Crippen molar-refractivity contribution in [1.82, 2.24) is 0 Å². The number of ether oxygens (including phenoxy) is 1. The summed E-state index contributed by atoms with van der Waals surface area (Å²) in [4.78, 5) is 0. The molecule has 0 radical (unpaired) electrons. The normalized spacial score (nSPS) is 18.4. The van der Waals surface area contributed by atoms with Crippen molar-refractivity contribution in [3.05, 3.63) is 29.3 Å². The molecule has 5 heteroatoms. The minimum Gasteiger partial charge on any atom is -0.490 e. The van der Waals surface area contributed by atoms with Gasteiger partial charge in [-0.3, -0.25) is 0 Å². The fourth-order valence-corrected chi connectivity index (χ4v) is 2.14. The molecule has 0 bridgehead atoms. The number of fused-ring (bicyclic) bond motifs is 1. The number of nitrogens with zero attached hydrogens (tertiary/aromatic N) is 1. The van der Waals surface area contributed by atoms with Crippen molar-refractivity contribution in [2.24, 2.45) is 5.16 Å². The van der Waals surface area contributed by atoms with Crippen LogP contribution < -0.4 is 4.74 Å². The molecule has 1 aromatic carbocycles. The second kappa shape index (κ2) is 5.84. The summed E-state index contributed by atoms with van der Waals surface area (Å²) in [6.45, 7) is -0.267. The van der Waals surface area contributed by atoms with Gasteiger partial charge in [-0.25, -0.2) is 0 Å². The molecule has 0 heterocycles. The van der Waals surface area contributed by atoms with Crippen LogP contribution in [0.1, 0.15) is 24.0 Å². The molecular weight excluding hydrogens is 234 g/mol. The predicted molar refractivity (Wildman–Crippen MR) is 66.3 cm³/mol. The third kappa shape index (κ3) is 2.63. The van der Waals surface area contributed by atoms with Gasteiger partial charge in [0.05, 0.1) is 12.3 Å². The van der Waals surface area contributed by atoms with Gasteiger partial charge in [0.1, 0.15) is 18.5 Å². The van der Waals surface area contributed by atoms with Crippen molar-refractivity contribution in [3.63, 3.8) is 0 Å². The first-order valence-corrected chi connectivity index (χ1v) is 6.01. The number of aliphatic hydroxyl groups excluding tert-OH is 2. The molecular formula is C13H17NO4. The van der Waals surface area contributed by atoms with E-state index in [2.05, 4.69) is 5.16 Å². The van der Waals surface area contributed by atoms with E-state index in [1.165, 1.54) is 0 Å². The lowest BCUT2D eigenvalue weighted by atomic mass is 9.89. The summed E-state index contributed by atoms with van der Waals surface area (Å²) in [6.07, 6.45) is 1.65. The Bertz CT molecular complexity index is 445. The third-order valence-corrected chi connectivity index (χ3v) is 3.05. The maximum atomic E-state index is 9.28. The number of aliphatic hydroxyl groups is 2. The molecule has 2 rings (SSSR count). The van der Waals surface area contributed by atoms with Gasteiger partial charge in [-0.05, 0) is 25.3 Å². The zero-order valence-electron chi connectivity index (χ0n) is 10.0. The summed E-state index contributed by atoms with van der Waals surface area (Å²) in [5.41, 5.74) is 2.57. The van der Waals surface area contributed by atoms with Crippen LogP contribution in [0.2, 0.25) is 0 Å². The molecule has 3 N–H and O–H groups in total. The molecule has 0 amide bonds. The fourth-order valence-electron chi connectivity index (χ4n) is 2.14. The van der Waals surface area contributed by atoms with Crippen molar-refractivity contribution in [2.45, 2.75) is 25.4 Å². The maximum absolute atomic E-state index is 9.28. The minimum atomic E-state index is -0.879. The van der Waals surface area contributed by atoms with E-state index in [9.17, 15) is 5.11 Å². The van der Waals surface area contributed by atoms with Crippen LogP contribution in [-0.2, 0) is 6.42 Å². The average Bonchev–Trinajstić information content (AvgIpc) is 2.43. The summed E-state index contributed by atoms with van der Waals surface area (Å²) in [6, 6.07) is 5.55. The summed E-state index contributed by atoms with van der Waals surface area (Å²) < 4.78 is 5.50. The van der Waals surface area contributed by atoms with E-state index >= 15 is 0 Å². The number of benzene rings is 1. The molecule has 0 spiro atoms. The molecule has 1 aliphatic rings. The van der Waals surface area contributed by atoms with Gasteiger partial charge in [0.25, 0.3) is 0 Å². The molecule has 0 saturated heterocycles. The van der Waals surface area contributed by atoms with Gasteiger partial charge in [0, 0.05) is 11.1 Å². The predicted octanol–water partition coefficient (Wildman–Crippen LogP) is 0.933.